The number of rotatable bonds is 12. The maximum Gasteiger partial charge on any atom is 0.303 e. The highest BCUT2D eigenvalue weighted by Crippen LogP contribution is 1.98. The van der Waals surface area contributed by atoms with E-state index in [-0.39, 0.29) is 39.3 Å². The second-order valence-electron chi connectivity index (χ2n) is 4.77. The van der Waals surface area contributed by atoms with Crippen LogP contribution >= 0.6 is 0 Å². The first-order chi connectivity index (χ1) is 12.7. The van der Waals surface area contributed by atoms with Crippen molar-refractivity contribution in [2.75, 3.05) is 39.6 Å². The van der Waals surface area contributed by atoms with E-state index in [1.165, 1.54) is 0 Å². The summed E-state index contributed by atoms with van der Waals surface area (Å²) in [5, 5.41) is 63.9. The van der Waals surface area contributed by atoms with Crippen molar-refractivity contribution in [3.63, 3.8) is 0 Å². The molecule has 0 unspecified atom stereocenters. The first kappa shape index (κ1) is 33.3. The zero-order valence-electron chi connectivity index (χ0n) is 15.9. The normalized spacial score (nSPS) is 9.19. The Kier molecular flexibility index (Phi) is 39.8. The molecule has 8 N–H and O–H groups in total. The first-order valence-electron chi connectivity index (χ1n) is 8.54. The average molecular weight is 404 g/mol. The van der Waals surface area contributed by atoms with Gasteiger partial charge in [0.25, 0.3) is 0 Å². The molecule has 0 rings (SSSR count). The van der Waals surface area contributed by atoms with E-state index in [9.17, 15) is 9.59 Å². The molecule has 0 aromatic heterocycles. The highest BCUT2D eigenvalue weighted by atomic mass is 16.5. The summed E-state index contributed by atoms with van der Waals surface area (Å²) < 4.78 is 4.63. The van der Waals surface area contributed by atoms with E-state index in [1.54, 1.807) is 0 Å². The molecule has 166 valence electrons. The molecular weight excluding hydrogens is 368 g/mol. The van der Waals surface area contributed by atoms with Crippen LogP contribution in [0.3, 0.4) is 0 Å². The minimum absolute atomic E-state index is 0.0278. The lowest BCUT2D eigenvalue weighted by Crippen LogP contribution is -2.03. The molecule has 0 spiro atoms. The predicted octanol–water partition coefficient (Wildman–Crippen LogP) is -1.23. The minimum Gasteiger partial charge on any atom is -0.481 e. The minimum atomic E-state index is -1.10. The van der Waals surface area contributed by atoms with E-state index in [4.69, 9.17) is 40.9 Å². The standard InChI is InChI=1S/C6H10O4.C4H10O3.C4H10O2.C2H6O2/c7-5(8)3-1-2-4-6(9)10;5-1-3-7-4-2-6;1-2-3-4(5)6;3-1-2-4/h1-4H2,(H,7,8)(H,9,10);5-6H,1-4H2;4-6H,2-3H2,1H3;3-4H,1-2H2. The quantitative estimate of drug-likeness (QED) is 0.143. The molecule has 0 aliphatic rings. The molecule has 0 aliphatic carbocycles. The van der Waals surface area contributed by atoms with Gasteiger partial charge in [-0.05, 0) is 19.3 Å². The summed E-state index contributed by atoms with van der Waals surface area (Å²) in [6.07, 6.45) is 1.23. The van der Waals surface area contributed by atoms with Crippen LogP contribution < -0.4 is 0 Å². The fraction of sp³-hybridized carbons (Fsp3) is 0.875. The van der Waals surface area contributed by atoms with Crippen molar-refractivity contribution in [3.05, 3.63) is 0 Å². The van der Waals surface area contributed by atoms with Gasteiger partial charge < -0.3 is 45.6 Å². The molecule has 0 atom stereocenters. The molecule has 11 heteroatoms. The number of aliphatic hydroxyl groups excluding tert-OH is 5. The van der Waals surface area contributed by atoms with Crippen LogP contribution in [0.2, 0.25) is 0 Å². The van der Waals surface area contributed by atoms with E-state index < -0.39 is 18.2 Å². The lowest BCUT2D eigenvalue weighted by Gasteiger charge is -1.94. The third kappa shape index (κ3) is 67.9. The maximum absolute atomic E-state index is 9.90. The topological polar surface area (TPSA) is 205 Å². The predicted molar refractivity (Wildman–Crippen MR) is 96.0 cm³/mol. The van der Waals surface area contributed by atoms with Gasteiger partial charge in [-0.2, -0.15) is 0 Å². The molecule has 0 amide bonds. The molecular formula is C16H36O11. The van der Waals surface area contributed by atoms with E-state index >= 15 is 0 Å². The second-order valence-corrected chi connectivity index (χ2v) is 4.77. The van der Waals surface area contributed by atoms with Crippen molar-refractivity contribution in [1.82, 2.24) is 0 Å². The molecule has 0 aromatic carbocycles. The van der Waals surface area contributed by atoms with E-state index in [1.807, 2.05) is 6.92 Å². The molecule has 0 saturated carbocycles. The van der Waals surface area contributed by atoms with Crippen LogP contribution in [0.15, 0.2) is 0 Å². The number of aliphatic hydroxyl groups is 6. The monoisotopic (exact) mass is 404 g/mol. The Bertz CT molecular complexity index is 264. The van der Waals surface area contributed by atoms with Gasteiger partial charge in [-0.1, -0.05) is 13.3 Å². The summed E-state index contributed by atoms with van der Waals surface area (Å²) in [6.45, 7) is 2.35. The van der Waals surface area contributed by atoms with Crippen LogP contribution in [0.5, 0.6) is 0 Å². The zero-order valence-corrected chi connectivity index (χ0v) is 15.9. The SMILES string of the molecule is CCCC(O)O.O=C(O)CCCCC(=O)O.OCCO.OCCOCCO. The number of carboxylic acids is 2. The van der Waals surface area contributed by atoms with E-state index in [2.05, 4.69) is 4.74 Å². The van der Waals surface area contributed by atoms with Crippen LogP contribution in [0.1, 0.15) is 45.4 Å². The van der Waals surface area contributed by atoms with Crippen molar-refractivity contribution in [2.45, 2.75) is 51.7 Å². The van der Waals surface area contributed by atoms with Crippen LogP contribution in [0, 0.1) is 0 Å². The van der Waals surface area contributed by atoms with Gasteiger partial charge in [0.1, 0.15) is 0 Å². The number of carboxylic acid groups (broad SMARTS) is 2. The molecule has 0 fully saturated rings. The van der Waals surface area contributed by atoms with E-state index in [0.717, 1.165) is 6.42 Å². The third-order valence-electron chi connectivity index (χ3n) is 2.15. The molecule has 0 radical (unpaired) electrons. The number of unbranched alkanes of at least 4 members (excludes halogenated alkanes) is 1. The van der Waals surface area contributed by atoms with Crippen LogP contribution in [0.4, 0.5) is 0 Å². The number of aliphatic carboxylic acids is 2. The van der Waals surface area contributed by atoms with Gasteiger partial charge in [-0.25, -0.2) is 0 Å². The Morgan fingerprint density at radius 2 is 1.15 bits per heavy atom. The van der Waals surface area contributed by atoms with Crippen molar-refractivity contribution < 1.29 is 55.2 Å². The van der Waals surface area contributed by atoms with Crippen LogP contribution in [-0.2, 0) is 14.3 Å². The number of hydrogen-bond acceptors (Lipinski definition) is 9. The summed E-state index contributed by atoms with van der Waals surface area (Å²) in [5.74, 6) is -1.74. The van der Waals surface area contributed by atoms with Crippen molar-refractivity contribution in [1.29, 1.82) is 0 Å². The van der Waals surface area contributed by atoms with Crippen molar-refractivity contribution in [3.8, 4) is 0 Å². The highest BCUT2D eigenvalue weighted by molar-refractivity contribution is 5.67. The van der Waals surface area contributed by atoms with E-state index in [0.29, 0.717) is 32.5 Å². The van der Waals surface area contributed by atoms with Crippen LogP contribution in [-0.4, -0.2) is 98.7 Å². The number of carbonyl (C=O) groups is 2. The van der Waals surface area contributed by atoms with Gasteiger partial charge in [0.2, 0.25) is 0 Å². The lowest BCUT2D eigenvalue weighted by atomic mass is 10.2. The molecule has 0 bridgehead atoms. The fourth-order valence-corrected chi connectivity index (χ4v) is 1.04. The smallest absolute Gasteiger partial charge is 0.303 e. The Hall–Kier alpha value is -1.34. The van der Waals surface area contributed by atoms with Gasteiger partial charge in [0.15, 0.2) is 6.29 Å². The molecule has 0 aliphatic heterocycles. The largest absolute Gasteiger partial charge is 0.481 e. The Balaban J connectivity index is -0.000000138. The summed E-state index contributed by atoms with van der Waals surface area (Å²) in [4.78, 5) is 19.8. The van der Waals surface area contributed by atoms with Gasteiger partial charge in [0.05, 0.1) is 39.6 Å². The van der Waals surface area contributed by atoms with Crippen molar-refractivity contribution in [2.24, 2.45) is 0 Å². The molecule has 0 aromatic rings. The number of hydrogen-bond donors (Lipinski definition) is 8. The third-order valence-corrected chi connectivity index (χ3v) is 2.15. The zero-order chi connectivity index (χ0) is 21.9. The maximum atomic E-state index is 9.90. The summed E-state index contributed by atoms with van der Waals surface area (Å²) in [6, 6.07) is 0. The highest BCUT2D eigenvalue weighted by Gasteiger charge is 1.99. The summed E-state index contributed by atoms with van der Waals surface area (Å²) >= 11 is 0. The fourth-order valence-electron chi connectivity index (χ4n) is 1.04. The van der Waals surface area contributed by atoms with Crippen molar-refractivity contribution >= 4 is 11.9 Å². The van der Waals surface area contributed by atoms with Gasteiger partial charge in [-0.3, -0.25) is 9.59 Å². The van der Waals surface area contributed by atoms with Gasteiger partial charge >= 0.3 is 11.9 Å². The van der Waals surface area contributed by atoms with Gasteiger partial charge in [0, 0.05) is 12.8 Å². The summed E-state index contributed by atoms with van der Waals surface area (Å²) in [7, 11) is 0. The van der Waals surface area contributed by atoms with Crippen LogP contribution in [0.25, 0.3) is 0 Å². The molecule has 11 nitrogen and oxygen atoms in total. The Morgan fingerprint density at radius 3 is 1.30 bits per heavy atom. The Labute approximate surface area is 159 Å². The second kappa shape index (κ2) is 32.3. The molecule has 0 heterocycles. The average Bonchev–Trinajstić information content (AvgIpc) is 2.60. The summed E-state index contributed by atoms with van der Waals surface area (Å²) in [5.41, 5.74) is 0. The lowest BCUT2D eigenvalue weighted by molar-refractivity contribution is -0.139. The van der Waals surface area contributed by atoms with Gasteiger partial charge in [-0.15, -0.1) is 0 Å². The first-order valence-corrected chi connectivity index (χ1v) is 8.54. The Morgan fingerprint density at radius 1 is 0.778 bits per heavy atom. The molecule has 27 heavy (non-hydrogen) atoms. The molecule has 0 saturated heterocycles. The number of ether oxygens (including phenoxy) is 1.